The molecule has 0 saturated carbocycles. The van der Waals surface area contributed by atoms with E-state index in [4.69, 9.17) is 0 Å². The van der Waals surface area contributed by atoms with Crippen molar-refractivity contribution in [2.24, 2.45) is 0 Å². The molecule has 0 radical (unpaired) electrons. The highest BCUT2D eigenvalue weighted by molar-refractivity contribution is 7.17. The molecule has 0 spiro atoms. The Kier molecular flexibility index (Phi) is 3.01. The van der Waals surface area contributed by atoms with Gasteiger partial charge in [-0.2, -0.15) is 0 Å². The summed E-state index contributed by atoms with van der Waals surface area (Å²) in [5.41, 5.74) is 1.92. The van der Waals surface area contributed by atoms with Gasteiger partial charge in [-0.3, -0.25) is 9.20 Å². The molecule has 0 aliphatic carbocycles. The van der Waals surface area contributed by atoms with E-state index in [1.54, 1.807) is 24.5 Å². The number of fused-ring (bicyclic) bond motifs is 1. The zero-order chi connectivity index (χ0) is 14.9. The van der Waals surface area contributed by atoms with Gasteiger partial charge in [0.2, 0.25) is 0 Å². The summed E-state index contributed by atoms with van der Waals surface area (Å²) in [6.45, 7) is 0. The van der Waals surface area contributed by atoms with Crippen LogP contribution in [0.4, 0.5) is 0 Å². The number of nitrogens with zero attached hydrogens (tertiary/aromatic N) is 4. The van der Waals surface area contributed by atoms with Crippen LogP contribution in [0, 0.1) is 0 Å². The average Bonchev–Trinajstić information content (AvgIpc) is 3.06. The van der Waals surface area contributed by atoms with Crippen molar-refractivity contribution < 1.29 is 0 Å². The van der Waals surface area contributed by atoms with Crippen molar-refractivity contribution in [3.05, 3.63) is 71.3 Å². The van der Waals surface area contributed by atoms with Gasteiger partial charge >= 0.3 is 0 Å². The lowest BCUT2D eigenvalue weighted by Crippen LogP contribution is -2.16. The molecule has 0 unspecified atom stereocenters. The summed E-state index contributed by atoms with van der Waals surface area (Å²) in [6.07, 6.45) is 3.26. The second kappa shape index (κ2) is 5.16. The molecule has 4 rings (SSSR count). The van der Waals surface area contributed by atoms with Crippen LogP contribution in [0.3, 0.4) is 0 Å². The van der Waals surface area contributed by atoms with Gasteiger partial charge in [-0.25, -0.2) is 4.98 Å². The van der Waals surface area contributed by atoms with Crippen LogP contribution in [0.1, 0.15) is 0 Å². The third-order valence-corrected chi connectivity index (χ3v) is 4.30. The molecule has 0 aliphatic rings. The molecule has 0 atom stereocenters. The molecule has 0 bridgehead atoms. The summed E-state index contributed by atoms with van der Waals surface area (Å²) < 4.78 is 1.51. The molecule has 22 heavy (non-hydrogen) atoms. The van der Waals surface area contributed by atoms with Crippen LogP contribution in [0.25, 0.3) is 26.8 Å². The van der Waals surface area contributed by atoms with Gasteiger partial charge in [0.05, 0.1) is 5.56 Å². The molecule has 1 aromatic carbocycles. The molecular weight excluding hydrogens is 296 g/mol. The Hall–Kier alpha value is -2.86. The Morgan fingerprint density at radius 2 is 1.68 bits per heavy atom. The van der Waals surface area contributed by atoms with Crippen LogP contribution in [0.2, 0.25) is 0 Å². The van der Waals surface area contributed by atoms with E-state index in [0.29, 0.717) is 16.2 Å². The highest BCUT2D eigenvalue weighted by Gasteiger charge is 2.13. The molecule has 0 amide bonds. The highest BCUT2D eigenvalue weighted by atomic mass is 32.1. The molecule has 4 aromatic rings. The molecule has 106 valence electrons. The quantitative estimate of drug-likeness (QED) is 0.571. The number of aromatic nitrogens is 4. The summed E-state index contributed by atoms with van der Waals surface area (Å²) in [7, 11) is 0. The van der Waals surface area contributed by atoms with E-state index in [-0.39, 0.29) is 5.56 Å². The van der Waals surface area contributed by atoms with Gasteiger partial charge in [0, 0.05) is 18.0 Å². The number of pyridine rings is 1. The summed E-state index contributed by atoms with van der Waals surface area (Å²) >= 11 is 1.39. The first-order valence-corrected chi connectivity index (χ1v) is 7.50. The largest absolute Gasteiger partial charge is 0.268 e. The van der Waals surface area contributed by atoms with Crippen LogP contribution in [-0.4, -0.2) is 19.6 Å². The van der Waals surface area contributed by atoms with E-state index in [0.717, 1.165) is 10.6 Å². The fraction of sp³-hybridized carbons (Fsp3) is 0. The van der Waals surface area contributed by atoms with E-state index in [9.17, 15) is 4.79 Å². The minimum absolute atomic E-state index is 0.138. The number of hydrogen-bond donors (Lipinski definition) is 0. The van der Waals surface area contributed by atoms with Gasteiger partial charge in [0.25, 0.3) is 5.56 Å². The Morgan fingerprint density at radius 1 is 0.909 bits per heavy atom. The number of rotatable bonds is 2. The molecule has 0 aliphatic heterocycles. The summed E-state index contributed by atoms with van der Waals surface area (Å²) in [6, 6.07) is 15.2. The normalized spacial score (nSPS) is 10.9. The Balaban J connectivity index is 1.85. The first-order valence-electron chi connectivity index (χ1n) is 6.68. The van der Waals surface area contributed by atoms with Gasteiger partial charge in [-0.05, 0) is 12.1 Å². The van der Waals surface area contributed by atoms with Gasteiger partial charge in [-0.1, -0.05) is 47.7 Å². The lowest BCUT2D eigenvalue weighted by molar-refractivity contribution is 1.03. The fourth-order valence-electron chi connectivity index (χ4n) is 2.20. The van der Waals surface area contributed by atoms with Crippen molar-refractivity contribution >= 4 is 17.0 Å². The fourth-order valence-corrected chi connectivity index (χ4v) is 3.05. The maximum absolute atomic E-state index is 12.5. The topological polar surface area (TPSA) is 60.2 Å². The second-order valence-corrected chi connectivity index (χ2v) is 5.66. The lowest BCUT2D eigenvalue weighted by Gasteiger charge is -2.00. The predicted octanol–water partition coefficient (Wildman–Crippen LogP) is 2.88. The molecule has 5 nitrogen and oxygen atoms in total. The lowest BCUT2D eigenvalue weighted by atomic mass is 10.2. The maximum atomic E-state index is 12.5. The van der Waals surface area contributed by atoms with Crippen molar-refractivity contribution in [2.75, 3.05) is 0 Å². The Bertz CT molecular complexity index is 1010. The summed E-state index contributed by atoms with van der Waals surface area (Å²) in [4.78, 5) is 16.8. The number of benzene rings is 1. The standard InChI is InChI=1S/C16H10N4OS/c21-16-12(10-17-13-8-4-5-9-20(13)16)15-19-18-14(22-15)11-6-2-1-3-7-11/h1-10H. The van der Waals surface area contributed by atoms with E-state index in [2.05, 4.69) is 15.2 Å². The zero-order valence-electron chi connectivity index (χ0n) is 11.4. The van der Waals surface area contributed by atoms with Crippen molar-refractivity contribution in [2.45, 2.75) is 0 Å². The van der Waals surface area contributed by atoms with Gasteiger partial charge in [0.15, 0.2) is 5.01 Å². The van der Waals surface area contributed by atoms with Crippen LogP contribution in [-0.2, 0) is 0 Å². The molecule has 3 heterocycles. The Morgan fingerprint density at radius 3 is 2.55 bits per heavy atom. The SMILES string of the molecule is O=c1c(-c2nnc(-c3ccccc3)s2)cnc2ccccn12. The smallest absolute Gasteiger partial charge is 0.268 e. The average molecular weight is 306 g/mol. The molecule has 0 fully saturated rings. The van der Waals surface area contributed by atoms with Crippen LogP contribution in [0.15, 0.2) is 65.7 Å². The zero-order valence-corrected chi connectivity index (χ0v) is 12.2. The van der Waals surface area contributed by atoms with Crippen LogP contribution in [0.5, 0.6) is 0 Å². The van der Waals surface area contributed by atoms with E-state index in [1.807, 2.05) is 36.4 Å². The maximum Gasteiger partial charge on any atom is 0.268 e. The second-order valence-electron chi connectivity index (χ2n) is 4.68. The van der Waals surface area contributed by atoms with Crippen LogP contribution >= 0.6 is 11.3 Å². The molecular formula is C16H10N4OS. The van der Waals surface area contributed by atoms with E-state index in [1.165, 1.54) is 15.7 Å². The van der Waals surface area contributed by atoms with Crippen molar-refractivity contribution in [3.63, 3.8) is 0 Å². The highest BCUT2D eigenvalue weighted by Crippen LogP contribution is 2.27. The van der Waals surface area contributed by atoms with Gasteiger partial charge < -0.3 is 0 Å². The van der Waals surface area contributed by atoms with Crippen LogP contribution < -0.4 is 5.56 Å². The third kappa shape index (κ3) is 2.10. The summed E-state index contributed by atoms with van der Waals surface area (Å²) in [5, 5.41) is 9.69. The monoisotopic (exact) mass is 306 g/mol. The van der Waals surface area contributed by atoms with Gasteiger partial charge in [-0.15, -0.1) is 10.2 Å². The molecule has 0 saturated heterocycles. The molecule has 0 N–H and O–H groups in total. The van der Waals surface area contributed by atoms with Crippen molar-refractivity contribution in [3.8, 4) is 21.1 Å². The minimum atomic E-state index is -0.138. The first-order chi connectivity index (χ1) is 10.8. The van der Waals surface area contributed by atoms with E-state index >= 15 is 0 Å². The summed E-state index contributed by atoms with van der Waals surface area (Å²) in [5.74, 6) is 0. The van der Waals surface area contributed by atoms with E-state index < -0.39 is 0 Å². The third-order valence-electron chi connectivity index (χ3n) is 3.29. The molecule has 3 aromatic heterocycles. The first kappa shape index (κ1) is 12.8. The van der Waals surface area contributed by atoms with Crippen molar-refractivity contribution in [1.29, 1.82) is 0 Å². The number of hydrogen-bond acceptors (Lipinski definition) is 5. The van der Waals surface area contributed by atoms with Gasteiger partial charge in [0.1, 0.15) is 10.7 Å². The van der Waals surface area contributed by atoms with Crippen molar-refractivity contribution in [1.82, 2.24) is 19.6 Å². The minimum Gasteiger partial charge on any atom is -0.268 e. The Labute approximate surface area is 129 Å². The molecule has 6 heteroatoms. The predicted molar refractivity (Wildman–Crippen MR) is 85.8 cm³/mol.